The van der Waals surface area contributed by atoms with Gasteiger partial charge in [-0.1, -0.05) is 71.9 Å². The van der Waals surface area contributed by atoms with Gasteiger partial charge in [0, 0.05) is 29.2 Å². The maximum atomic E-state index is 11.5. The molecule has 0 aromatic heterocycles. The van der Waals surface area contributed by atoms with E-state index in [-0.39, 0.29) is 16.7 Å². The highest BCUT2D eigenvalue weighted by atomic mass is 16.3. The molecule has 0 spiro atoms. The molecule has 1 amide bonds. The molecule has 0 saturated heterocycles. The normalized spacial score (nSPS) is 12.8. The number of carbonyl (C=O) groups is 1. The van der Waals surface area contributed by atoms with Crippen LogP contribution in [0.3, 0.4) is 0 Å². The monoisotopic (exact) mass is 366 g/mol. The van der Waals surface area contributed by atoms with Crippen LogP contribution in [0.25, 0.3) is 0 Å². The Morgan fingerprint density at radius 1 is 0.889 bits per heavy atom. The molecule has 0 radical (unpaired) electrons. The van der Waals surface area contributed by atoms with Crippen LogP contribution in [0.1, 0.15) is 70.7 Å². The summed E-state index contributed by atoms with van der Waals surface area (Å²) in [5, 5.41) is 15.3. The van der Waals surface area contributed by atoms with Crippen LogP contribution in [0.5, 0.6) is 5.75 Å². The second-order valence-electron chi connectivity index (χ2n) is 8.91. The van der Waals surface area contributed by atoms with Gasteiger partial charge in [-0.2, -0.15) is 5.10 Å². The minimum Gasteiger partial charge on any atom is -0.507 e. The quantitative estimate of drug-likeness (QED) is 0.601. The van der Waals surface area contributed by atoms with E-state index in [1.807, 2.05) is 42.5 Å². The molecule has 2 rings (SSSR count). The standard InChI is InChI=1S/C23H30N2O2/c1-15(26)24-25-20(16-11-9-8-10-12-16)17-13-18(22(2,3)4)21(27)19(14-17)23(5,6)7/h8-14,27H,1-7H3,(H,24,26). The summed E-state index contributed by atoms with van der Waals surface area (Å²) >= 11 is 0. The maximum Gasteiger partial charge on any atom is 0.236 e. The second kappa shape index (κ2) is 7.55. The molecule has 2 aromatic rings. The van der Waals surface area contributed by atoms with Crippen molar-refractivity contribution in [3.05, 3.63) is 64.7 Å². The first kappa shape index (κ1) is 20.7. The highest BCUT2D eigenvalue weighted by Gasteiger charge is 2.27. The number of benzene rings is 2. The topological polar surface area (TPSA) is 61.7 Å². The van der Waals surface area contributed by atoms with Crippen molar-refractivity contribution in [2.24, 2.45) is 5.10 Å². The number of hydrazone groups is 1. The zero-order valence-electron chi connectivity index (χ0n) is 17.3. The first-order valence-electron chi connectivity index (χ1n) is 9.19. The Kier molecular flexibility index (Phi) is 5.79. The summed E-state index contributed by atoms with van der Waals surface area (Å²) in [6, 6.07) is 13.7. The number of nitrogens with zero attached hydrogens (tertiary/aromatic N) is 1. The van der Waals surface area contributed by atoms with Crippen molar-refractivity contribution >= 4 is 11.6 Å². The molecule has 0 bridgehead atoms. The van der Waals surface area contributed by atoms with Gasteiger partial charge in [-0.05, 0) is 23.0 Å². The van der Waals surface area contributed by atoms with Crippen LogP contribution in [0, 0.1) is 0 Å². The van der Waals surface area contributed by atoms with Gasteiger partial charge in [0.15, 0.2) is 0 Å². The molecule has 0 fully saturated rings. The number of aromatic hydroxyl groups is 1. The Labute approximate surface area is 162 Å². The van der Waals surface area contributed by atoms with E-state index in [4.69, 9.17) is 0 Å². The number of carbonyl (C=O) groups excluding carboxylic acids is 1. The molecule has 2 N–H and O–H groups in total. The number of hydrogen-bond acceptors (Lipinski definition) is 3. The fourth-order valence-electron chi connectivity index (χ4n) is 2.94. The van der Waals surface area contributed by atoms with Crippen molar-refractivity contribution in [3.63, 3.8) is 0 Å². The zero-order chi connectivity index (χ0) is 20.4. The lowest BCUT2D eigenvalue weighted by Gasteiger charge is -2.28. The Morgan fingerprint density at radius 2 is 1.37 bits per heavy atom. The second-order valence-corrected chi connectivity index (χ2v) is 8.91. The molecule has 4 nitrogen and oxygen atoms in total. The molecule has 27 heavy (non-hydrogen) atoms. The summed E-state index contributed by atoms with van der Waals surface area (Å²) in [5.74, 6) is 0.0972. The smallest absolute Gasteiger partial charge is 0.236 e. The molecule has 0 saturated carbocycles. The highest BCUT2D eigenvalue weighted by molar-refractivity contribution is 6.13. The predicted molar refractivity (Wildman–Crippen MR) is 111 cm³/mol. The molecule has 2 aromatic carbocycles. The van der Waals surface area contributed by atoms with E-state index in [0.29, 0.717) is 11.5 Å². The highest BCUT2D eigenvalue weighted by Crippen LogP contribution is 2.40. The maximum absolute atomic E-state index is 11.5. The lowest BCUT2D eigenvalue weighted by atomic mass is 9.77. The van der Waals surface area contributed by atoms with Crippen molar-refractivity contribution in [1.29, 1.82) is 0 Å². The number of hydrogen-bond donors (Lipinski definition) is 2. The van der Waals surface area contributed by atoms with E-state index in [9.17, 15) is 9.90 Å². The van der Waals surface area contributed by atoms with E-state index in [1.165, 1.54) is 6.92 Å². The minimum atomic E-state index is -0.240. The van der Waals surface area contributed by atoms with E-state index < -0.39 is 0 Å². The molecule has 0 heterocycles. The Bertz CT molecular complexity index is 819. The third kappa shape index (κ3) is 4.97. The van der Waals surface area contributed by atoms with Gasteiger partial charge in [0.25, 0.3) is 0 Å². The van der Waals surface area contributed by atoms with Gasteiger partial charge in [0.2, 0.25) is 5.91 Å². The van der Waals surface area contributed by atoms with E-state index >= 15 is 0 Å². The molecule has 0 atom stereocenters. The third-order valence-corrected chi connectivity index (χ3v) is 4.37. The van der Waals surface area contributed by atoms with Gasteiger partial charge in [0.05, 0.1) is 5.71 Å². The van der Waals surface area contributed by atoms with Crippen LogP contribution in [0.4, 0.5) is 0 Å². The molecular weight excluding hydrogens is 336 g/mol. The molecule has 0 unspecified atom stereocenters. The van der Waals surface area contributed by atoms with E-state index in [0.717, 1.165) is 22.3 Å². The average Bonchev–Trinajstić information content (AvgIpc) is 2.54. The van der Waals surface area contributed by atoms with Crippen LogP contribution in [0.2, 0.25) is 0 Å². The lowest BCUT2D eigenvalue weighted by molar-refractivity contribution is -0.118. The zero-order valence-corrected chi connectivity index (χ0v) is 17.3. The van der Waals surface area contributed by atoms with Gasteiger partial charge in [-0.3, -0.25) is 4.79 Å². The van der Waals surface area contributed by atoms with Gasteiger partial charge in [-0.15, -0.1) is 0 Å². The van der Waals surface area contributed by atoms with Crippen molar-refractivity contribution < 1.29 is 9.90 Å². The largest absolute Gasteiger partial charge is 0.507 e. The van der Waals surface area contributed by atoms with E-state index in [1.54, 1.807) is 0 Å². The van der Waals surface area contributed by atoms with Crippen LogP contribution in [-0.4, -0.2) is 16.7 Å². The average molecular weight is 367 g/mol. The number of amides is 1. The Hall–Kier alpha value is -2.62. The number of phenolic OH excluding ortho intramolecular Hbond substituents is 1. The van der Waals surface area contributed by atoms with Gasteiger partial charge >= 0.3 is 0 Å². The molecule has 4 heteroatoms. The summed E-state index contributed by atoms with van der Waals surface area (Å²) in [7, 11) is 0. The number of phenols is 1. The number of rotatable bonds is 3. The minimum absolute atomic E-state index is 0.228. The van der Waals surface area contributed by atoms with Gasteiger partial charge < -0.3 is 5.11 Å². The fourth-order valence-corrected chi connectivity index (χ4v) is 2.94. The van der Waals surface area contributed by atoms with Gasteiger partial charge in [0.1, 0.15) is 5.75 Å². The van der Waals surface area contributed by atoms with Gasteiger partial charge in [-0.25, -0.2) is 5.43 Å². The van der Waals surface area contributed by atoms with Crippen molar-refractivity contribution in [1.82, 2.24) is 5.43 Å². The van der Waals surface area contributed by atoms with Crippen LogP contribution < -0.4 is 5.43 Å². The van der Waals surface area contributed by atoms with Crippen molar-refractivity contribution in [2.75, 3.05) is 0 Å². The summed E-state index contributed by atoms with van der Waals surface area (Å²) < 4.78 is 0. The lowest BCUT2D eigenvalue weighted by Crippen LogP contribution is -2.21. The summed E-state index contributed by atoms with van der Waals surface area (Å²) in [6.45, 7) is 13.9. The van der Waals surface area contributed by atoms with Crippen molar-refractivity contribution in [2.45, 2.75) is 59.3 Å². The van der Waals surface area contributed by atoms with E-state index in [2.05, 4.69) is 52.1 Å². The van der Waals surface area contributed by atoms with Crippen LogP contribution >= 0.6 is 0 Å². The summed E-state index contributed by atoms with van der Waals surface area (Å²) in [6.07, 6.45) is 0. The van der Waals surface area contributed by atoms with Crippen molar-refractivity contribution in [3.8, 4) is 5.75 Å². The SMILES string of the molecule is CC(=O)NN=C(c1ccccc1)c1cc(C(C)(C)C)c(O)c(C(C)(C)C)c1. The third-order valence-electron chi connectivity index (χ3n) is 4.37. The first-order valence-corrected chi connectivity index (χ1v) is 9.19. The molecule has 0 aliphatic heterocycles. The molecule has 144 valence electrons. The summed E-state index contributed by atoms with van der Waals surface area (Å²) in [5.41, 5.74) is 6.23. The molecule has 0 aliphatic carbocycles. The van der Waals surface area contributed by atoms with Crippen LogP contribution in [-0.2, 0) is 15.6 Å². The summed E-state index contributed by atoms with van der Waals surface area (Å²) in [4.78, 5) is 11.5. The molecule has 0 aliphatic rings. The predicted octanol–water partition coefficient (Wildman–Crippen LogP) is 4.88. The fraction of sp³-hybridized carbons (Fsp3) is 0.391. The number of nitrogens with one attached hydrogen (secondary N) is 1. The Balaban J connectivity index is 2.79. The van der Waals surface area contributed by atoms with Crippen LogP contribution in [0.15, 0.2) is 47.6 Å². The first-order chi connectivity index (χ1) is 12.4. The Morgan fingerprint density at radius 3 is 1.78 bits per heavy atom. The molecular formula is C23H30N2O2.